The largest absolute Gasteiger partial charge is 0.334 e. The van der Waals surface area contributed by atoms with Crippen LogP contribution in [0.1, 0.15) is 38.6 Å². The fraction of sp³-hybridized carbons (Fsp3) is 0.136. The molecular weight excluding hydrogens is 354 g/mol. The summed E-state index contributed by atoms with van der Waals surface area (Å²) in [5.74, 6) is -0.548. The lowest BCUT2D eigenvalue weighted by Gasteiger charge is -2.09. The number of hydrogen-bond acceptors (Lipinski definition) is 3. The zero-order valence-electron chi connectivity index (χ0n) is 14.9. The summed E-state index contributed by atoms with van der Waals surface area (Å²) in [5, 5.41) is 10.3. The number of imide groups is 1. The van der Waals surface area contributed by atoms with Gasteiger partial charge in [-0.05, 0) is 41.0 Å². The van der Waals surface area contributed by atoms with Gasteiger partial charge in [0.1, 0.15) is 0 Å². The minimum Gasteiger partial charge on any atom is -0.334 e. The van der Waals surface area contributed by atoms with Gasteiger partial charge < -0.3 is 10.6 Å². The third-order valence-corrected chi connectivity index (χ3v) is 5.30. The van der Waals surface area contributed by atoms with Crippen molar-refractivity contribution in [1.82, 2.24) is 10.6 Å². The number of rotatable bonds is 3. The topological polar surface area (TPSA) is 87.3 Å². The summed E-state index contributed by atoms with van der Waals surface area (Å²) >= 11 is 0. The molecule has 2 atom stereocenters. The maximum atomic E-state index is 12.3. The Hall–Kier alpha value is -3.67. The van der Waals surface area contributed by atoms with E-state index < -0.39 is 11.8 Å². The first-order valence-electron chi connectivity index (χ1n) is 9.14. The molecule has 1 fully saturated rings. The number of hydrogen-bond donors (Lipinski definition) is 3. The van der Waals surface area contributed by atoms with Crippen LogP contribution in [0.4, 0.5) is 10.5 Å². The quantitative estimate of drug-likeness (QED) is 0.617. The van der Waals surface area contributed by atoms with E-state index in [4.69, 9.17) is 0 Å². The van der Waals surface area contributed by atoms with Crippen molar-refractivity contribution in [1.29, 1.82) is 0 Å². The van der Waals surface area contributed by atoms with Crippen molar-refractivity contribution in [2.45, 2.75) is 18.4 Å². The molecule has 0 aromatic heterocycles. The molecule has 0 bridgehead atoms. The zero-order valence-corrected chi connectivity index (χ0v) is 14.9. The number of benzene rings is 3. The van der Waals surface area contributed by atoms with Gasteiger partial charge in [0.05, 0.1) is 11.1 Å². The second-order valence-corrected chi connectivity index (χ2v) is 7.20. The SMILES string of the molecule is O=C(Nc1ccc2c(c1)C(=O)NC2=O)N[C@@H]1C[C@H]1c1ccc2ccccc2c1. The number of urea groups is 1. The highest BCUT2D eigenvalue weighted by Gasteiger charge is 2.39. The van der Waals surface area contributed by atoms with Gasteiger partial charge in [-0.1, -0.05) is 42.5 Å². The zero-order chi connectivity index (χ0) is 19.3. The van der Waals surface area contributed by atoms with Crippen LogP contribution in [0.25, 0.3) is 10.8 Å². The highest BCUT2D eigenvalue weighted by Crippen LogP contribution is 2.41. The average molecular weight is 371 g/mol. The molecule has 4 amide bonds. The number of anilines is 1. The predicted molar refractivity (Wildman–Crippen MR) is 105 cm³/mol. The van der Waals surface area contributed by atoms with Crippen molar-refractivity contribution in [2.75, 3.05) is 5.32 Å². The third-order valence-electron chi connectivity index (χ3n) is 5.30. The highest BCUT2D eigenvalue weighted by atomic mass is 16.2. The van der Waals surface area contributed by atoms with E-state index in [9.17, 15) is 14.4 Å². The maximum absolute atomic E-state index is 12.3. The third kappa shape index (κ3) is 2.89. The van der Waals surface area contributed by atoms with E-state index in [1.807, 2.05) is 12.1 Å². The molecule has 1 aliphatic carbocycles. The molecule has 1 aliphatic heterocycles. The smallest absolute Gasteiger partial charge is 0.319 e. The van der Waals surface area contributed by atoms with Gasteiger partial charge in [0, 0.05) is 17.6 Å². The Morgan fingerprint density at radius 2 is 1.68 bits per heavy atom. The molecular formula is C22H17N3O3. The van der Waals surface area contributed by atoms with Crippen LogP contribution >= 0.6 is 0 Å². The van der Waals surface area contributed by atoms with Gasteiger partial charge in [-0.25, -0.2) is 4.79 Å². The molecule has 1 heterocycles. The molecule has 0 radical (unpaired) electrons. The summed E-state index contributed by atoms with van der Waals surface area (Å²) in [7, 11) is 0. The van der Waals surface area contributed by atoms with Crippen LogP contribution in [-0.2, 0) is 0 Å². The van der Waals surface area contributed by atoms with Crippen molar-refractivity contribution in [3.05, 3.63) is 77.4 Å². The van der Waals surface area contributed by atoms with Crippen LogP contribution in [0.2, 0.25) is 0 Å². The summed E-state index contributed by atoms with van der Waals surface area (Å²) in [6.07, 6.45) is 0.896. The maximum Gasteiger partial charge on any atom is 0.319 e. The van der Waals surface area contributed by atoms with Crippen LogP contribution in [0, 0.1) is 0 Å². The van der Waals surface area contributed by atoms with Crippen LogP contribution in [-0.4, -0.2) is 23.9 Å². The van der Waals surface area contributed by atoms with Crippen LogP contribution < -0.4 is 16.0 Å². The molecule has 3 aromatic rings. The predicted octanol–water partition coefficient (Wildman–Crippen LogP) is 3.40. The van der Waals surface area contributed by atoms with Crippen molar-refractivity contribution >= 4 is 34.3 Å². The molecule has 138 valence electrons. The highest BCUT2D eigenvalue weighted by molar-refractivity contribution is 6.22. The van der Waals surface area contributed by atoms with Crippen LogP contribution in [0.5, 0.6) is 0 Å². The minimum atomic E-state index is -0.442. The van der Waals surface area contributed by atoms with Crippen molar-refractivity contribution in [2.24, 2.45) is 0 Å². The molecule has 5 rings (SSSR count). The van der Waals surface area contributed by atoms with Gasteiger partial charge in [-0.3, -0.25) is 14.9 Å². The van der Waals surface area contributed by atoms with Gasteiger partial charge in [-0.2, -0.15) is 0 Å². The minimum absolute atomic E-state index is 0.0838. The number of carbonyl (C=O) groups excluding carboxylic acids is 3. The number of amides is 4. The molecule has 3 aromatic carbocycles. The normalized spacial score (nSPS) is 19.9. The van der Waals surface area contributed by atoms with E-state index in [0.717, 1.165) is 6.42 Å². The molecule has 6 heteroatoms. The van der Waals surface area contributed by atoms with E-state index in [-0.39, 0.29) is 17.6 Å². The first kappa shape index (κ1) is 16.5. The summed E-state index contributed by atoms with van der Waals surface area (Å²) in [4.78, 5) is 35.6. The van der Waals surface area contributed by atoms with Gasteiger partial charge >= 0.3 is 6.03 Å². The van der Waals surface area contributed by atoms with Crippen LogP contribution in [0.3, 0.4) is 0 Å². The molecule has 0 saturated heterocycles. The van der Waals surface area contributed by atoms with Gasteiger partial charge in [0.2, 0.25) is 0 Å². The van der Waals surface area contributed by atoms with Crippen molar-refractivity contribution in [3.8, 4) is 0 Å². The lowest BCUT2D eigenvalue weighted by Crippen LogP contribution is -2.31. The Bertz CT molecular complexity index is 1150. The van der Waals surface area contributed by atoms with E-state index in [1.54, 1.807) is 12.1 Å². The van der Waals surface area contributed by atoms with E-state index in [1.165, 1.54) is 22.4 Å². The molecule has 0 spiro atoms. The molecule has 2 aliphatic rings. The lowest BCUT2D eigenvalue weighted by molar-refractivity contribution is 0.0879. The molecule has 1 saturated carbocycles. The molecule has 6 nitrogen and oxygen atoms in total. The van der Waals surface area contributed by atoms with Gasteiger partial charge in [-0.15, -0.1) is 0 Å². The van der Waals surface area contributed by atoms with Gasteiger partial charge in [0.15, 0.2) is 0 Å². The Balaban J connectivity index is 1.24. The van der Waals surface area contributed by atoms with E-state index in [0.29, 0.717) is 17.2 Å². The second-order valence-electron chi connectivity index (χ2n) is 7.20. The first-order chi connectivity index (χ1) is 13.6. The second kappa shape index (κ2) is 6.20. The lowest BCUT2D eigenvalue weighted by atomic mass is 10.0. The Labute approximate surface area is 160 Å². The number of nitrogens with one attached hydrogen (secondary N) is 3. The molecule has 0 unspecified atom stereocenters. The van der Waals surface area contributed by atoms with Gasteiger partial charge in [0.25, 0.3) is 11.8 Å². The molecule has 28 heavy (non-hydrogen) atoms. The summed E-state index contributed by atoms with van der Waals surface area (Å²) in [6, 6.07) is 19.0. The Kier molecular flexibility index (Phi) is 3.65. The fourth-order valence-corrected chi connectivity index (χ4v) is 3.74. The van der Waals surface area contributed by atoms with Crippen molar-refractivity contribution in [3.63, 3.8) is 0 Å². The standard InChI is InChI=1S/C22H17N3O3/c26-20-16-8-7-15(10-18(16)21(27)25-20)23-22(28)24-19-11-17(19)14-6-5-12-3-1-2-4-13(12)9-14/h1-10,17,19H,11H2,(H2,23,24,28)(H,25,26,27)/t17-,19+/m0/s1. The van der Waals surface area contributed by atoms with E-state index >= 15 is 0 Å². The van der Waals surface area contributed by atoms with E-state index in [2.05, 4.69) is 46.3 Å². The first-order valence-corrected chi connectivity index (χ1v) is 9.14. The summed E-state index contributed by atoms with van der Waals surface area (Å²) in [6.45, 7) is 0. The molecule has 3 N–H and O–H groups in total. The Morgan fingerprint density at radius 3 is 2.54 bits per heavy atom. The summed E-state index contributed by atoms with van der Waals surface area (Å²) < 4.78 is 0. The Morgan fingerprint density at radius 1 is 0.893 bits per heavy atom. The number of carbonyl (C=O) groups is 3. The monoisotopic (exact) mass is 371 g/mol. The van der Waals surface area contributed by atoms with Crippen LogP contribution in [0.15, 0.2) is 60.7 Å². The van der Waals surface area contributed by atoms with Crippen molar-refractivity contribution < 1.29 is 14.4 Å². The fourth-order valence-electron chi connectivity index (χ4n) is 3.74. The average Bonchev–Trinajstić information content (AvgIpc) is 3.39. The number of fused-ring (bicyclic) bond motifs is 2. The summed E-state index contributed by atoms with van der Waals surface area (Å²) in [5.41, 5.74) is 2.30.